The van der Waals surface area contributed by atoms with Crippen molar-refractivity contribution in [3.8, 4) is 5.75 Å². The number of carbonyl (C=O) groups excluding carboxylic acids is 1. The third-order valence-corrected chi connectivity index (χ3v) is 3.58. The van der Waals surface area contributed by atoms with Gasteiger partial charge in [0.25, 0.3) is 5.69 Å². The van der Waals surface area contributed by atoms with Crippen LogP contribution in [0.3, 0.4) is 0 Å². The molecule has 0 unspecified atom stereocenters. The van der Waals surface area contributed by atoms with Crippen LogP contribution >= 0.6 is 15.9 Å². The van der Waals surface area contributed by atoms with E-state index in [4.69, 9.17) is 9.84 Å². The van der Waals surface area contributed by atoms with Crippen molar-refractivity contribution >= 4 is 33.2 Å². The molecule has 2 rings (SSSR count). The van der Waals surface area contributed by atoms with Crippen LogP contribution < -0.4 is 10.1 Å². The van der Waals surface area contributed by atoms with E-state index in [1.54, 1.807) is 0 Å². The summed E-state index contributed by atoms with van der Waals surface area (Å²) in [6, 6.07) is 9.82. The molecule has 2 aromatic carbocycles. The molecule has 0 aliphatic carbocycles. The van der Waals surface area contributed by atoms with Gasteiger partial charge in [-0.15, -0.1) is 0 Å². The number of alkyl halides is 3. The Labute approximate surface area is 166 Å². The van der Waals surface area contributed by atoms with Gasteiger partial charge in [0.15, 0.2) is 0 Å². The summed E-state index contributed by atoms with van der Waals surface area (Å²) in [5.74, 6) is 0.00248. The highest BCUT2D eigenvalue weighted by atomic mass is 79.9. The molecule has 0 aliphatic heterocycles. The predicted octanol–water partition coefficient (Wildman–Crippen LogP) is 4.39. The zero-order chi connectivity index (χ0) is 21.3. The number of hydrogen-bond acceptors (Lipinski definition) is 5. The smallest absolute Gasteiger partial charge is 0.423 e. The summed E-state index contributed by atoms with van der Waals surface area (Å²) in [5, 5.41) is 20.8. The van der Waals surface area contributed by atoms with Crippen molar-refractivity contribution in [3.63, 3.8) is 0 Å². The first kappa shape index (κ1) is 23.4. The molecule has 0 radical (unpaired) electrons. The van der Waals surface area contributed by atoms with Gasteiger partial charge in [-0.05, 0) is 43.3 Å². The second-order valence-corrected chi connectivity index (χ2v) is 6.00. The molecule has 2 aromatic rings. The Kier molecular flexibility index (Phi) is 8.86. The molecule has 0 fully saturated rings. The van der Waals surface area contributed by atoms with Crippen molar-refractivity contribution in [2.45, 2.75) is 13.1 Å². The van der Waals surface area contributed by atoms with Gasteiger partial charge in [-0.25, -0.2) is 0 Å². The van der Waals surface area contributed by atoms with E-state index in [0.717, 1.165) is 22.9 Å². The van der Waals surface area contributed by atoms with Crippen LogP contribution in [0, 0.1) is 10.1 Å². The molecule has 0 aromatic heterocycles. The Morgan fingerprint density at radius 2 is 1.86 bits per heavy atom. The minimum atomic E-state index is -4.91. The van der Waals surface area contributed by atoms with E-state index in [9.17, 15) is 28.1 Å². The summed E-state index contributed by atoms with van der Waals surface area (Å²) in [4.78, 5) is 20.1. The molecule has 7 nitrogen and oxygen atoms in total. The van der Waals surface area contributed by atoms with Crippen molar-refractivity contribution in [2.24, 2.45) is 0 Å². The van der Waals surface area contributed by atoms with E-state index in [2.05, 4.69) is 15.9 Å². The molecular formula is C17H16BrF3N2O5. The molecule has 1 amide bonds. The van der Waals surface area contributed by atoms with Gasteiger partial charge in [-0.2, -0.15) is 13.2 Å². The molecule has 152 valence electrons. The largest absolute Gasteiger partial charge is 0.494 e. The molecule has 0 spiro atoms. The topological polar surface area (TPSA) is 102 Å². The van der Waals surface area contributed by atoms with Crippen LogP contribution in [0.4, 0.5) is 24.5 Å². The van der Waals surface area contributed by atoms with Gasteiger partial charge in [0, 0.05) is 16.2 Å². The number of nitrogens with one attached hydrogen (secondary N) is 1. The Bertz CT molecular complexity index is 813. The monoisotopic (exact) mass is 464 g/mol. The molecule has 28 heavy (non-hydrogen) atoms. The first-order chi connectivity index (χ1) is 13.1. The Balaban J connectivity index is 0.000000330. The van der Waals surface area contributed by atoms with E-state index >= 15 is 0 Å². The molecular weight excluding hydrogens is 449 g/mol. The fourth-order valence-corrected chi connectivity index (χ4v) is 2.16. The molecule has 2 N–H and O–H groups in total. The number of nitrogens with zero attached hydrogens (tertiary/aromatic N) is 1. The number of ether oxygens (including phenoxy) is 1. The summed E-state index contributed by atoms with van der Waals surface area (Å²) in [6.45, 7) is 1.79. The molecule has 0 aliphatic rings. The first-order valence-electron chi connectivity index (χ1n) is 7.73. The summed E-state index contributed by atoms with van der Waals surface area (Å²) >= 11 is 3.34. The van der Waals surface area contributed by atoms with Crippen LogP contribution in [0.5, 0.6) is 5.75 Å². The highest BCUT2D eigenvalue weighted by Gasteiger charge is 2.38. The van der Waals surface area contributed by atoms with E-state index in [-0.39, 0.29) is 5.69 Å². The van der Waals surface area contributed by atoms with Crippen LogP contribution in [0.15, 0.2) is 46.9 Å². The number of carbonyl (C=O) groups is 1. The SMILES string of the molecule is CCOc1ccc(Br)cc1.O=C(CO)Nc1ccc([N+](=O)[O-])c(C(F)(F)F)c1. The van der Waals surface area contributed by atoms with Crippen LogP contribution in [0.25, 0.3) is 0 Å². The summed E-state index contributed by atoms with van der Waals surface area (Å²) in [5.41, 5.74) is -2.86. The third kappa shape index (κ3) is 7.53. The molecule has 0 bridgehead atoms. The average Bonchev–Trinajstić information content (AvgIpc) is 2.63. The third-order valence-electron chi connectivity index (χ3n) is 3.05. The highest BCUT2D eigenvalue weighted by Crippen LogP contribution is 2.37. The lowest BCUT2D eigenvalue weighted by Crippen LogP contribution is -2.16. The van der Waals surface area contributed by atoms with Gasteiger partial charge in [0.05, 0.1) is 11.5 Å². The Morgan fingerprint density at radius 1 is 1.25 bits per heavy atom. The van der Waals surface area contributed by atoms with Crippen molar-refractivity contribution in [3.05, 3.63) is 62.6 Å². The van der Waals surface area contributed by atoms with Gasteiger partial charge >= 0.3 is 6.18 Å². The fourth-order valence-electron chi connectivity index (χ4n) is 1.90. The fraction of sp³-hybridized carbons (Fsp3) is 0.235. The Hall–Kier alpha value is -2.66. The molecule has 0 saturated carbocycles. The van der Waals surface area contributed by atoms with Crippen molar-refractivity contribution in [1.82, 2.24) is 0 Å². The van der Waals surface area contributed by atoms with Crippen molar-refractivity contribution in [1.29, 1.82) is 0 Å². The van der Waals surface area contributed by atoms with Crippen LogP contribution in [-0.4, -0.2) is 29.2 Å². The number of nitro benzene ring substituents is 1. The van der Waals surface area contributed by atoms with Gasteiger partial charge in [0.1, 0.15) is 17.9 Å². The zero-order valence-electron chi connectivity index (χ0n) is 14.5. The van der Waals surface area contributed by atoms with E-state index in [1.807, 2.05) is 36.5 Å². The molecule has 11 heteroatoms. The molecule has 0 saturated heterocycles. The lowest BCUT2D eigenvalue weighted by atomic mass is 10.1. The summed E-state index contributed by atoms with van der Waals surface area (Å²) in [7, 11) is 0. The van der Waals surface area contributed by atoms with Crippen LogP contribution in [-0.2, 0) is 11.0 Å². The number of benzene rings is 2. The Morgan fingerprint density at radius 3 is 2.32 bits per heavy atom. The zero-order valence-corrected chi connectivity index (χ0v) is 16.1. The number of nitro groups is 1. The second-order valence-electron chi connectivity index (χ2n) is 5.08. The normalized spacial score (nSPS) is 10.5. The number of anilines is 1. The molecule has 0 heterocycles. The van der Waals surface area contributed by atoms with Gasteiger partial charge in [0.2, 0.25) is 5.91 Å². The number of aliphatic hydroxyl groups excluding tert-OH is 1. The van der Waals surface area contributed by atoms with E-state index < -0.39 is 34.9 Å². The second kappa shape index (κ2) is 10.6. The summed E-state index contributed by atoms with van der Waals surface area (Å²) < 4.78 is 43.9. The lowest BCUT2D eigenvalue weighted by Gasteiger charge is -2.10. The lowest BCUT2D eigenvalue weighted by molar-refractivity contribution is -0.388. The number of halogens is 4. The van der Waals surface area contributed by atoms with E-state index in [1.165, 1.54) is 0 Å². The number of rotatable bonds is 5. The number of hydrogen-bond donors (Lipinski definition) is 2. The van der Waals surface area contributed by atoms with Crippen molar-refractivity contribution < 1.29 is 32.7 Å². The highest BCUT2D eigenvalue weighted by molar-refractivity contribution is 9.10. The first-order valence-corrected chi connectivity index (χ1v) is 8.52. The van der Waals surface area contributed by atoms with Gasteiger partial charge < -0.3 is 15.2 Å². The number of aliphatic hydroxyl groups is 1. The summed E-state index contributed by atoms with van der Waals surface area (Å²) in [6.07, 6.45) is -4.91. The maximum Gasteiger partial charge on any atom is 0.423 e. The van der Waals surface area contributed by atoms with Crippen molar-refractivity contribution in [2.75, 3.05) is 18.5 Å². The predicted molar refractivity (Wildman–Crippen MR) is 99.1 cm³/mol. The minimum Gasteiger partial charge on any atom is -0.494 e. The maximum atomic E-state index is 12.5. The standard InChI is InChI=1S/C9H7F3N2O4.C8H9BrO/c10-9(11,12)6-3-5(13-8(16)4-15)1-2-7(6)14(17)18;1-2-10-8-5-3-7(9)4-6-8/h1-3,15H,4H2,(H,13,16);3-6H,2H2,1H3. The van der Waals surface area contributed by atoms with Crippen LogP contribution in [0.1, 0.15) is 12.5 Å². The van der Waals surface area contributed by atoms with Gasteiger partial charge in [-0.1, -0.05) is 15.9 Å². The average molecular weight is 465 g/mol. The maximum absolute atomic E-state index is 12.5. The molecule has 0 atom stereocenters. The quantitative estimate of drug-likeness (QED) is 0.504. The van der Waals surface area contributed by atoms with Crippen LogP contribution in [0.2, 0.25) is 0 Å². The minimum absolute atomic E-state index is 0.285. The number of amides is 1. The van der Waals surface area contributed by atoms with E-state index in [0.29, 0.717) is 12.1 Å². The van der Waals surface area contributed by atoms with Gasteiger partial charge in [-0.3, -0.25) is 14.9 Å².